The van der Waals surface area contributed by atoms with Crippen molar-refractivity contribution in [2.45, 2.75) is 77.0 Å². The summed E-state index contributed by atoms with van der Waals surface area (Å²) in [6.45, 7) is 5.19. The fourth-order valence-corrected chi connectivity index (χ4v) is 3.78. The summed E-state index contributed by atoms with van der Waals surface area (Å²) in [6.07, 6.45) is 9.96. The van der Waals surface area contributed by atoms with Crippen molar-refractivity contribution in [1.29, 1.82) is 0 Å². The first-order chi connectivity index (χ1) is 11.1. The first kappa shape index (κ1) is 16.5. The molecule has 0 aromatic carbocycles. The highest BCUT2D eigenvalue weighted by Crippen LogP contribution is 2.28. The molecule has 1 amide bonds. The van der Waals surface area contributed by atoms with Gasteiger partial charge in [0.2, 0.25) is 0 Å². The van der Waals surface area contributed by atoms with E-state index in [9.17, 15) is 4.79 Å². The van der Waals surface area contributed by atoms with Gasteiger partial charge in [0.15, 0.2) is 0 Å². The van der Waals surface area contributed by atoms with E-state index in [2.05, 4.69) is 24.3 Å². The second kappa shape index (κ2) is 7.47. The summed E-state index contributed by atoms with van der Waals surface area (Å²) >= 11 is 0. The summed E-state index contributed by atoms with van der Waals surface area (Å²) in [5.41, 5.74) is 0.533. The fraction of sp³-hybridized carbons (Fsp3) is 0.778. The topological polar surface area (TPSA) is 56.1 Å². The van der Waals surface area contributed by atoms with E-state index in [4.69, 9.17) is 4.74 Å². The molecule has 2 fully saturated rings. The van der Waals surface area contributed by atoms with Crippen molar-refractivity contribution in [2.75, 3.05) is 6.61 Å². The monoisotopic (exact) mass is 319 g/mol. The van der Waals surface area contributed by atoms with Crippen molar-refractivity contribution >= 4 is 5.91 Å². The molecule has 1 saturated carbocycles. The third-order valence-corrected chi connectivity index (χ3v) is 5.00. The molecule has 1 aliphatic heterocycles. The number of rotatable bonds is 5. The molecule has 128 valence electrons. The zero-order valence-corrected chi connectivity index (χ0v) is 14.3. The Kier molecular flexibility index (Phi) is 5.36. The molecule has 0 radical (unpaired) electrons. The maximum Gasteiger partial charge on any atom is 0.272 e. The van der Waals surface area contributed by atoms with E-state index in [1.165, 1.54) is 25.7 Å². The standard InChI is InChI=1S/C18H29N3O2/c1-13(2)12-17-15(8-5-11-23-17)19-18(22)16-9-10-21(20-16)14-6-3-4-7-14/h9-10,13-15,17H,3-8,11-12H2,1-2H3,(H,19,22)/t15-,17-/m0/s1. The van der Waals surface area contributed by atoms with Crippen LogP contribution in [0.3, 0.4) is 0 Å². The zero-order valence-electron chi connectivity index (χ0n) is 14.3. The summed E-state index contributed by atoms with van der Waals surface area (Å²) in [7, 11) is 0. The predicted octanol–water partition coefficient (Wildman–Crippen LogP) is 3.32. The van der Waals surface area contributed by atoms with E-state index < -0.39 is 0 Å². The number of ether oxygens (including phenoxy) is 1. The molecule has 1 aliphatic carbocycles. The number of hydrogen-bond acceptors (Lipinski definition) is 3. The molecule has 2 heterocycles. The van der Waals surface area contributed by atoms with Crippen molar-refractivity contribution in [1.82, 2.24) is 15.1 Å². The summed E-state index contributed by atoms with van der Waals surface area (Å²) in [5, 5.41) is 7.66. The number of hydrogen-bond donors (Lipinski definition) is 1. The lowest BCUT2D eigenvalue weighted by Gasteiger charge is -2.33. The Morgan fingerprint density at radius 2 is 2.13 bits per heavy atom. The average molecular weight is 319 g/mol. The van der Waals surface area contributed by atoms with Gasteiger partial charge in [-0.2, -0.15) is 5.10 Å². The first-order valence-electron chi connectivity index (χ1n) is 9.11. The van der Waals surface area contributed by atoms with Crippen LogP contribution < -0.4 is 5.32 Å². The Balaban J connectivity index is 1.61. The lowest BCUT2D eigenvalue weighted by molar-refractivity contribution is -0.0186. The number of amides is 1. The lowest BCUT2D eigenvalue weighted by atomic mass is 9.94. The van der Waals surface area contributed by atoms with E-state index in [0.717, 1.165) is 25.9 Å². The highest BCUT2D eigenvalue weighted by atomic mass is 16.5. The van der Waals surface area contributed by atoms with Gasteiger partial charge in [-0.25, -0.2) is 0 Å². The predicted molar refractivity (Wildman–Crippen MR) is 89.4 cm³/mol. The molecule has 1 saturated heterocycles. The molecule has 5 nitrogen and oxygen atoms in total. The summed E-state index contributed by atoms with van der Waals surface area (Å²) in [6, 6.07) is 2.42. The van der Waals surface area contributed by atoms with Gasteiger partial charge in [0.25, 0.3) is 5.91 Å². The Labute approximate surface area is 138 Å². The minimum atomic E-state index is -0.0639. The van der Waals surface area contributed by atoms with Crippen molar-refractivity contribution < 1.29 is 9.53 Å². The van der Waals surface area contributed by atoms with E-state index in [1.807, 2.05) is 16.9 Å². The number of aromatic nitrogens is 2. The molecule has 5 heteroatoms. The number of nitrogens with zero attached hydrogens (tertiary/aromatic N) is 2. The number of carbonyl (C=O) groups excluding carboxylic acids is 1. The lowest BCUT2D eigenvalue weighted by Crippen LogP contribution is -2.47. The summed E-state index contributed by atoms with van der Waals surface area (Å²) in [4.78, 5) is 12.5. The molecule has 1 aromatic rings. The van der Waals surface area contributed by atoms with Crippen LogP contribution in [0.15, 0.2) is 12.3 Å². The molecular formula is C18H29N3O2. The molecule has 0 unspecified atom stereocenters. The molecule has 23 heavy (non-hydrogen) atoms. The molecule has 1 N–H and O–H groups in total. The SMILES string of the molecule is CC(C)C[C@@H]1OCCC[C@@H]1NC(=O)c1ccn(C2CCCC2)n1. The van der Waals surface area contributed by atoms with Crippen LogP contribution in [0.5, 0.6) is 0 Å². The average Bonchev–Trinajstić information content (AvgIpc) is 3.19. The maximum atomic E-state index is 12.5. The minimum absolute atomic E-state index is 0.0639. The third-order valence-electron chi connectivity index (χ3n) is 5.00. The molecule has 3 rings (SSSR count). The van der Waals surface area contributed by atoms with Gasteiger partial charge in [0, 0.05) is 12.8 Å². The maximum absolute atomic E-state index is 12.5. The summed E-state index contributed by atoms with van der Waals surface area (Å²) < 4.78 is 7.86. The second-order valence-electron chi connectivity index (χ2n) is 7.38. The van der Waals surface area contributed by atoms with Crippen LogP contribution in [0.1, 0.15) is 75.3 Å². The van der Waals surface area contributed by atoms with Gasteiger partial charge >= 0.3 is 0 Å². The molecule has 0 spiro atoms. The molecule has 2 aliphatic rings. The van der Waals surface area contributed by atoms with Crippen LogP contribution in [-0.2, 0) is 4.74 Å². The molecule has 2 atom stereocenters. The van der Waals surface area contributed by atoms with Gasteiger partial charge in [-0.05, 0) is 44.1 Å². The third kappa shape index (κ3) is 4.14. The molecule has 0 bridgehead atoms. The largest absolute Gasteiger partial charge is 0.376 e. The van der Waals surface area contributed by atoms with Crippen molar-refractivity contribution in [3.8, 4) is 0 Å². The van der Waals surface area contributed by atoms with Crippen LogP contribution in [0.25, 0.3) is 0 Å². The van der Waals surface area contributed by atoms with Crippen LogP contribution in [0.4, 0.5) is 0 Å². The van der Waals surface area contributed by atoms with Gasteiger partial charge in [0.05, 0.1) is 18.2 Å². The van der Waals surface area contributed by atoms with E-state index in [0.29, 0.717) is 17.7 Å². The van der Waals surface area contributed by atoms with Crippen LogP contribution in [0.2, 0.25) is 0 Å². The first-order valence-corrected chi connectivity index (χ1v) is 9.11. The van der Waals surface area contributed by atoms with Gasteiger partial charge in [0.1, 0.15) is 5.69 Å². The highest BCUT2D eigenvalue weighted by Gasteiger charge is 2.29. The van der Waals surface area contributed by atoms with Crippen molar-refractivity contribution in [3.05, 3.63) is 18.0 Å². The van der Waals surface area contributed by atoms with Gasteiger partial charge < -0.3 is 10.1 Å². The zero-order chi connectivity index (χ0) is 16.2. The van der Waals surface area contributed by atoms with Crippen LogP contribution >= 0.6 is 0 Å². The van der Waals surface area contributed by atoms with Gasteiger partial charge in [-0.15, -0.1) is 0 Å². The Morgan fingerprint density at radius 1 is 1.35 bits per heavy atom. The fourth-order valence-electron chi connectivity index (χ4n) is 3.78. The Hall–Kier alpha value is -1.36. The molecular weight excluding hydrogens is 290 g/mol. The van der Waals surface area contributed by atoms with Crippen molar-refractivity contribution in [2.24, 2.45) is 5.92 Å². The smallest absolute Gasteiger partial charge is 0.272 e. The molecule has 1 aromatic heterocycles. The van der Waals surface area contributed by atoms with E-state index in [-0.39, 0.29) is 18.1 Å². The number of nitrogens with one attached hydrogen (secondary N) is 1. The van der Waals surface area contributed by atoms with Gasteiger partial charge in [-0.3, -0.25) is 9.48 Å². The van der Waals surface area contributed by atoms with Gasteiger partial charge in [-0.1, -0.05) is 26.7 Å². The van der Waals surface area contributed by atoms with Crippen LogP contribution in [-0.4, -0.2) is 34.4 Å². The quantitative estimate of drug-likeness (QED) is 0.906. The van der Waals surface area contributed by atoms with Crippen LogP contribution in [0, 0.1) is 5.92 Å². The summed E-state index contributed by atoms with van der Waals surface area (Å²) in [5.74, 6) is 0.505. The van der Waals surface area contributed by atoms with E-state index in [1.54, 1.807) is 0 Å². The minimum Gasteiger partial charge on any atom is -0.376 e. The normalized spacial score (nSPS) is 25.9. The van der Waals surface area contributed by atoms with Crippen molar-refractivity contribution in [3.63, 3.8) is 0 Å². The second-order valence-corrected chi connectivity index (χ2v) is 7.38. The Morgan fingerprint density at radius 3 is 2.87 bits per heavy atom. The number of carbonyl (C=O) groups is 1. The highest BCUT2D eigenvalue weighted by molar-refractivity contribution is 5.92. The van der Waals surface area contributed by atoms with E-state index >= 15 is 0 Å². The Bertz CT molecular complexity index is 520.